The number of piperidine rings is 1. The fourth-order valence-corrected chi connectivity index (χ4v) is 2.61. The van der Waals surface area contributed by atoms with Crippen molar-refractivity contribution in [3.05, 3.63) is 24.0 Å². The standard InChI is InChI=1S/C14H24N4/c1-17-7-4-12(5-8-17)10-18(2)11-14-9-13(15)3-6-16-14/h3,6,9,12H,4-5,7-8,10-11H2,1-2H3,(H2,15,16). The highest BCUT2D eigenvalue weighted by atomic mass is 15.1. The van der Waals surface area contributed by atoms with Gasteiger partial charge in [0.15, 0.2) is 0 Å². The summed E-state index contributed by atoms with van der Waals surface area (Å²) in [5, 5.41) is 0. The van der Waals surface area contributed by atoms with Gasteiger partial charge in [0.25, 0.3) is 0 Å². The maximum Gasteiger partial charge on any atom is 0.0564 e. The largest absolute Gasteiger partial charge is 0.399 e. The molecule has 2 N–H and O–H groups in total. The normalized spacial score (nSPS) is 18.4. The van der Waals surface area contributed by atoms with Gasteiger partial charge in [-0.2, -0.15) is 0 Å². The Hall–Kier alpha value is -1.13. The van der Waals surface area contributed by atoms with Gasteiger partial charge in [0.05, 0.1) is 5.69 Å². The summed E-state index contributed by atoms with van der Waals surface area (Å²) in [6.07, 6.45) is 4.41. The molecule has 0 aliphatic carbocycles. The molecule has 0 spiro atoms. The molecule has 1 aromatic rings. The minimum atomic E-state index is 0.799. The van der Waals surface area contributed by atoms with E-state index in [0.29, 0.717) is 0 Å². The third-order valence-corrected chi connectivity index (χ3v) is 3.68. The molecule has 4 heteroatoms. The average molecular weight is 248 g/mol. The lowest BCUT2D eigenvalue weighted by molar-refractivity contribution is 0.172. The van der Waals surface area contributed by atoms with E-state index in [1.54, 1.807) is 6.20 Å². The van der Waals surface area contributed by atoms with Crippen LogP contribution in [-0.2, 0) is 6.54 Å². The molecule has 0 bridgehead atoms. The second-order valence-electron chi connectivity index (χ2n) is 5.52. The van der Waals surface area contributed by atoms with E-state index >= 15 is 0 Å². The molecular formula is C14H24N4. The van der Waals surface area contributed by atoms with Gasteiger partial charge in [-0.25, -0.2) is 0 Å². The van der Waals surface area contributed by atoms with Gasteiger partial charge in [-0.3, -0.25) is 4.98 Å². The first-order valence-corrected chi connectivity index (χ1v) is 6.71. The predicted molar refractivity (Wildman–Crippen MR) is 75.2 cm³/mol. The molecular weight excluding hydrogens is 224 g/mol. The van der Waals surface area contributed by atoms with Crippen molar-refractivity contribution in [3.63, 3.8) is 0 Å². The lowest BCUT2D eigenvalue weighted by atomic mass is 9.96. The molecule has 100 valence electrons. The highest BCUT2D eigenvalue weighted by molar-refractivity contribution is 5.37. The van der Waals surface area contributed by atoms with Crippen LogP contribution in [0.15, 0.2) is 18.3 Å². The number of rotatable bonds is 4. The second kappa shape index (κ2) is 6.16. The van der Waals surface area contributed by atoms with E-state index in [1.165, 1.54) is 25.9 Å². The molecule has 1 aliphatic heterocycles. The number of pyridine rings is 1. The first-order valence-electron chi connectivity index (χ1n) is 6.71. The van der Waals surface area contributed by atoms with Crippen molar-refractivity contribution < 1.29 is 0 Å². The number of nitrogen functional groups attached to an aromatic ring is 1. The van der Waals surface area contributed by atoms with Crippen LogP contribution in [0.3, 0.4) is 0 Å². The lowest BCUT2D eigenvalue weighted by Crippen LogP contribution is -2.35. The molecule has 0 aromatic carbocycles. The van der Waals surface area contributed by atoms with Crippen LogP contribution in [0, 0.1) is 5.92 Å². The van der Waals surface area contributed by atoms with Gasteiger partial charge < -0.3 is 15.5 Å². The van der Waals surface area contributed by atoms with Crippen molar-refractivity contribution in [2.45, 2.75) is 19.4 Å². The number of likely N-dealkylation sites (tertiary alicyclic amines) is 1. The molecule has 1 fully saturated rings. The number of hydrogen-bond donors (Lipinski definition) is 1. The zero-order chi connectivity index (χ0) is 13.0. The van der Waals surface area contributed by atoms with E-state index < -0.39 is 0 Å². The smallest absolute Gasteiger partial charge is 0.0564 e. The summed E-state index contributed by atoms with van der Waals surface area (Å²) in [7, 11) is 4.37. The third-order valence-electron chi connectivity index (χ3n) is 3.68. The monoisotopic (exact) mass is 248 g/mol. The van der Waals surface area contributed by atoms with Crippen molar-refractivity contribution >= 4 is 5.69 Å². The highest BCUT2D eigenvalue weighted by Gasteiger charge is 2.18. The molecule has 2 rings (SSSR count). The molecule has 4 nitrogen and oxygen atoms in total. The van der Waals surface area contributed by atoms with Crippen LogP contribution in [-0.4, -0.2) is 48.5 Å². The number of nitrogens with zero attached hydrogens (tertiary/aromatic N) is 3. The van der Waals surface area contributed by atoms with Crippen LogP contribution >= 0.6 is 0 Å². The van der Waals surface area contributed by atoms with E-state index in [-0.39, 0.29) is 0 Å². The van der Waals surface area contributed by atoms with Gasteiger partial charge in [0.1, 0.15) is 0 Å². The Morgan fingerprint density at radius 1 is 1.44 bits per heavy atom. The maximum absolute atomic E-state index is 5.77. The first kappa shape index (κ1) is 13.3. The molecule has 0 unspecified atom stereocenters. The molecule has 1 saturated heterocycles. The number of nitrogens with two attached hydrogens (primary N) is 1. The van der Waals surface area contributed by atoms with Gasteiger partial charge in [0.2, 0.25) is 0 Å². The number of anilines is 1. The van der Waals surface area contributed by atoms with Gasteiger partial charge in [-0.1, -0.05) is 0 Å². The van der Waals surface area contributed by atoms with Crippen molar-refractivity contribution in [1.82, 2.24) is 14.8 Å². The third kappa shape index (κ3) is 3.96. The van der Waals surface area contributed by atoms with Crippen LogP contribution in [0.2, 0.25) is 0 Å². The number of aromatic nitrogens is 1. The highest BCUT2D eigenvalue weighted by Crippen LogP contribution is 2.17. The molecule has 0 atom stereocenters. The predicted octanol–water partition coefficient (Wildman–Crippen LogP) is 1.44. The Morgan fingerprint density at radius 3 is 2.83 bits per heavy atom. The molecule has 2 heterocycles. The molecule has 0 amide bonds. The minimum absolute atomic E-state index is 0.799. The van der Waals surface area contributed by atoms with Crippen LogP contribution in [0.1, 0.15) is 18.5 Å². The fraction of sp³-hybridized carbons (Fsp3) is 0.643. The van der Waals surface area contributed by atoms with Crippen molar-refractivity contribution in [2.24, 2.45) is 5.92 Å². The SMILES string of the molecule is CN1CCC(CN(C)Cc2cc(N)ccn2)CC1. The van der Waals surface area contributed by atoms with Crippen LogP contribution in [0.5, 0.6) is 0 Å². The minimum Gasteiger partial charge on any atom is -0.399 e. The van der Waals surface area contributed by atoms with E-state index in [4.69, 9.17) is 5.73 Å². The summed E-state index contributed by atoms with van der Waals surface area (Å²) >= 11 is 0. The van der Waals surface area contributed by atoms with Crippen molar-refractivity contribution in [3.8, 4) is 0 Å². The maximum atomic E-state index is 5.77. The van der Waals surface area contributed by atoms with Crippen molar-refractivity contribution in [2.75, 3.05) is 39.5 Å². The summed E-state index contributed by atoms with van der Waals surface area (Å²) in [6.45, 7) is 4.51. The van der Waals surface area contributed by atoms with Gasteiger partial charge in [-0.05, 0) is 58.1 Å². The van der Waals surface area contributed by atoms with Gasteiger partial charge >= 0.3 is 0 Å². The van der Waals surface area contributed by atoms with Crippen LogP contribution in [0.25, 0.3) is 0 Å². The Bertz CT molecular complexity index is 372. The van der Waals surface area contributed by atoms with E-state index in [1.807, 2.05) is 12.1 Å². The Balaban J connectivity index is 1.80. The number of hydrogen-bond acceptors (Lipinski definition) is 4. The van der Waals surface area contributed by atoms with Crippen LogP contribution in [0.4, 0.5) is 5.69 Å². The molecule has 18 heavy (non-hydrogen) atoms. The Kier molecular flexibility index (Phi) is 4.55. The van der Waals surface area contributed by atoms with Gasteiger partial charge in [0, 0.05) is 25.0 Å². The Labute approximate surface area is 110 Å². The summed E-state index contributed by atoms with van der Waals surface area (Å²) in [4.78, 5) is 9.13. The van der Waals surface area contributed by atoms with E-state index in [0.717, 1.165) is 30.4 Å². The average Bonchev–Trinajstić information content (AvgIpc) is 2.32. The summed E-state index contributed by atoms with van der Waals surface area (Å²) in [6, 6.07) is 3.80. The topological polar surface area (TPSA) is 45.4 Å². The molecule has 0 radical (unpaired) electrons. The van der Waals surface area contributed by atoms with Crippen molar-refractivity contribution in [1.29, 1.82) is 0 Å². The van der Waals surface area contributed by atoms with Crippen LogP contribution < -0.4 is 5.73 Å². The quantitative estimate of drug-likeness (QED) is 0.876. The molecule has 1 aromatic heterocycles. The summed E-state index contributed by atoms with van der Waals surface area (Å²) in [5.74, 6) is 0.826. The molecule has 0 saturated carbocycles. The zero-order valence-electron chi connectivity index (χ0n) is 11.5. The molecule has 1 aliphatic rings. The fourth-order valence-electron chi connectivity index (χ4n) is 2.61. The summed E-state index contributed by atoms with van der Waals surface area (Å²) < 4.78 is 0. The summed E-state index contributed by atoms with van der Waals surface area (Å²) in [5.41, 5.74) is 7.63. The second-order valence-corrected chi connectivity index (χ2v) is 5.52. The first-order chi connectivity index (χ1) is 8.63. The van der Waals surface area contributed by atoms with E-state index in [2.05, 4.69) is 28.9 Å². The zero-order valence-corrected chi connectivity index (χ0v) is 11.5. The Morgan fingerprint density at radius 2 is 2.17 bits per heavy atom. The lowest BCUT2D eigenvalue weighted by Gasteiger charge is -2.31. The van der Waals surface area contributed by atoms with E-state index in [9.17, 15) is 0 Å². The van der Waals surface area contributed by atoms with Gasteiger partial charge in [-0.15, -0.1) is 0 Å².